The molecule has 0 aromatic carbocycles. The van der Waals surface area contributed by atoms with Gasteiger partial charge in [0.05, 0.1) is 11.6 Å². The molecule has 3 N–H and O–H groups in total. The van der Waals surface area contributed by atoms with Crippen LogP contribution in [0.1, 0.15) is 38.5 Å². The first-order valence-corrected chi connectivity index (χ1v) is 7.95. The van der Waals surface area contributed by atoms with Gasteiger partial charge in [0.25, 0.3) is 0 Å². The molecule has 2 aliphatic rings. The summed E-state index contributed by atoms with van der Waals surface area (Å²) in [5.41, 5.74) is 5.71. The van der Waals surface area contributed by atoms with E-state index in [2.05, 4.69) is 0 Å². The predicted molar refractivity (Wildman–Crippen MR) is 76.0 cm³/mol. The Morgan fingerprint density at radius 3 is 2.50 bits per heavy atom. The highest BCUT2D eigenvalue weighted by Gasteiger charge is 2.42. The number of carbonyl (C=O) groups excluding carboxylic acids is 1. The lowest BCUT2D eigenvalue weighted by atomic mass is 10.1. The Hall–Kier alpha value is -0.710. The zero-order valence-electron chi connectivity index (χ0n) is 10.9. The number of hydrogen-bond acceptors (Lipinski definition) is 3. The maximum absolute atomic E-state index is 12.0. The Morgan fingerprint density at radius 1 is 1.28 bits per heavy atom. The molecule has 0 aromatic heterocycles. The van der Waals surface area contributed by atoms with Crippen molar-refractivity contribution in [1.82, 2.24) is 4.90 Å². The minimum atomic E-state index is 0.249. The summed E-state index contributed by atoms with van der Waals surface area (Å²) in [6.45, 7) is 1.88. The van der Waals surface area contributed by atoms with Crippen LogP contribution in [0.25, 0.3) is 0 Å². The molecular weight excluding hydrogens is 246 g/mol. The smallest absolute Gasteiger partial charge is 0.232 e. The topological polar surface area (TPSA) is 70.2 Å². The van der Waals surface area contributed by atoms with Gasteiger partial charge in [0.2, 0.25) is 5.91 Å². The van der Waals surface area contributed by atoms with Gasteiger partial charge in [-0.05, 0) is 43.3 Å². The zero-order chi connectivity index (χ0) is 13.0. The van der Waals surface area contributed by atoms with Crippen molar-refractivity contribution < 1.29 is 4.79 Å². The van der Waals surface area contributed by atoms with Gasteiger partial charge in [-0.25, -0.2) is 0 Å². The number of carbonyl (C=O) groups is 1. The number of nitrogens with zero attached hydrogens (tertiary/aromatic N) is 1. The molecule has 1 aliphatic heterocycles. The van der Waals surface area contributed by atoms with E-state index in [0.29, 0.717) is 18.1 Å². The molecule has 5 heteroatoms. The lowest BCUT2D eigenvalue weighted by Crippen LogP contribution is -2.36. The molecule has 102 valence electrons. The third-order valence-electron chi connectivity index (χ3n) is 3.87. The number of thioether (sulfide) groups is 1. The summed E-state index contributed by atoms with van der Waals surface area (Å²) in [4.78, 5) is 14.0. The molecule has 0 spiro atoms. The number of amidine groups is 1. The minimum absolute atomic E-state index is 0.249. The van der Waals surface area contributed by atoms with Crippen molar-refractivity contribution in [3.8, 4) is 0 Å². The zero-order valence-corrected chi connectivity index (χ0v) is 11.7. The van der Waals surface area contributed by atoms with E-state index in [-0.39, 0.29) is 11.3 Å². The molecule has 1 saturated heterocycles. The molecule has 2 rings (SSSR count). The molecule has 1 amide bonds. The van der Waals surface area contributed by atoms with Gasteiger partial charge >= 0.3 is 0 Å². The molecule has 0 radical (unpaired) electrons. The molecule has 0 aromatic rings. The second-order valence-electron chi connectivity index (χ2n) is 5.64. The summed E-state index contributed by atoms with van der Waals surface area (Å²) < 4.78 is 0. The Balaban J connectivity index is 1.65. The fourth-order valence-corrected chi connectivity index (χ4v) is 3.83. The lowest BCUT2D eigenvalue weighted by Gasteiger charge is -2.26. The number of nitrogens with one attached hydrogen (secondary N) is 1. The highest BCUT2D eigenvalue weighted by atomic mass is 32.2. The Bertz CT molecular complexity index is 322. The van der Waals surface area contributed by atoms with Crippen LogP contribution in [0.2, 0.25) is 0 Å². The molecule has 4 nitrogen and oxygen atoms in total. The molecule has 0 unspecified atom stereocenters. The largest absolute Gasteiger partial charge is 0.388 e. The average molecular weight is 269 g/mol. The van der Waals surface area contributed by atoms with Crippen LogP contribution in [-0.4, -0.2) is 41.2 Å². The van der Waals surface area contributed by atoms with E-state index in [1.165, 1.54) is 6.42 Å². The minimum Gasteiger partial charge on any atom is -0.388 e. The number of piperidine rings is 1. The fraction of sp³-hybridized carbons (Fsp3) is 0.846. The van der Waals surface area contributed by atoms with Gasteiger partial charge < -0.3 is 10.6 Å². The van der Waals surface area contributed by atoms with Crippen molar-refractivity contribution in [2.75, 3.05) is 24.6 Å². The van der Waals surface area contributed by atoms with Gasteiger partial charge in [0, 0.05) is 19.5 Å². The van der Waals surface area contributed by atoms with Gasteiger partial charge in [0.1, 0.15) is 0 Å². The van der Waals surface area contributed by atoms with Crippen LogP contribution in [0.3, 0.4) is 0 Å². The summed E-state index contributed by atoms with van der Waals surface area (Å²) in [5, 5.41) is 7.36. The summed E-state index contributed by atoms with van der Waals surface area (Å²) in [5.74, 6) is 2.15. The molecule has 18 heavy (non-hydrogen) atoms. The molecule has 1 aliphatic carbocycles. The molecule has 0 bridgehead atoms. The summed E-state index contributed by atoms with van der Waals surface area (Å²) in [6, 6.07) is 0. The number of likely N-dealkylation sites (tertiary alicyclic amines) is 1. The molecule has 1 heterocycles. The quantitative estimate of drug-likeness (QED) is 0.571. The first-order chi connectivity index (χ1) is 8.61. The Kier molecular flexibility index (Phi) is 4.54. The van der Waals surface area contributed by atoms with Gasteiger partial charge in [-0.3, -0.25) is 10.2 Å². The van der Waals surface area contributed by atoms with Crippen LogP contribution in [-0.2, 0) is 4.79 Å². The van der Waals surface area contributed by atoms with E-state index in [4.69, 9.17) is 11.1 Å². The highest BCUT2D eigenvalue weighted by Crippen LogP contribution is 2.50. The van der Waals surface area contributed by atoms with E-state index in [9.17, 15) is 4.79 Å². The van der Waals surface area contributed by atoms with Crippen LogP contribution >= 0.6 is 11.8 Å². The molecule has 1 saturated carbocycles. The number of nitrogens with two attached hydrogens (primary N) is 1. The van der Waals surface area contributed by atoms with Crippen LogP contribution in [0.5, 0.6) is 0 Å². The predicted octanol–water partition coefficient (Wildman–Crippen LogP) is 1.84. The summed E-state index contributed by atoms with van der Waals surface area (Å²) in [7, 11) is 0. The molecule has 0 atom stereocenters. The fourth-order valence-electron chi connectivity index (χ4n) is 2.54. The maximum atomic E-state index is 12.0. The van der Waals surface area contributed by atoms with Crippen molar-refractivity contribution in [3.05, 3.63) is 0 Å². The van der Waals surface area contributed by atoms with Crippen LogP contribution < -0.4 is 5.73 Å². The standard InChI is InChI=1S/C13H23N3OS/c14-11(15)8-13(4-5-13)10-18-9-12(17)16-6-2-1-3-7-16/h1-10H2,(H3,14,15). The SMILES string of the molecule is N=C(N)CC1(CSCC(=O)N2CCCCC2)CC1. The van der Waals surface area contributed by atoms with Crippen molar-refractivity contribution >= 4 is 23.5 Å². The van der Waals surface area contributed by atoms with Crippen molar-refractivity contribution in [3.63, 3.8) is 0 Å². The van der Waals surface area contributed by atoms with Gasteiger partial charge in [0.15, 0.2) is 0 Å². The number of rotatable bonds is 6. The van der Waals surface area contributed by atoms with E-state index in [1.54, 1.807) is 11.8 Å². The first kappa shape index (κ1) is 13.7. The monoisotopic (exact) mass is 269 g/mol. The molecule has 2 fully saturated rings. The number of hydrogen-bond donors (Lipinski definition) is 2. The van der Waals surface area contributed by atoms with E-state index in [1.807, 2.05) is 4.90 Å². The second-order valence-corrected chi connectivity index (χ2v) is 6.62. The van der Waals surface area contributed by atoms with Gasteiger partial charge in [-0.2, -0.15) is 11.8 Å². The first-order valence-electron chi connectivity index (χ1n) is 6.80. The lowest BCUT2D eigenvalue weighted by molar-refractivity contribution is -0.129. The van der Waals surface area contributed by atoms with Gasteiger partial charge in [-0.15, -0.1) is 0 Å². The molecular formula is C13H23N3OS. The number of amides is 1. The van der Waals surface area contributed by atoms with Crippen LogP contribution in [0, 0.1) is 10.8 Å². The third kappa shape index (κ3) is 3.90. The second kappa shape index (κ2) is 5.95. The van der Waals surface area contributed by atoms with Crippen molar-refractivity contribution in [1.29, 1.82) is 5.41 Å². The summed E-state index contributed by atoms with van der Waals surface area (Å²) in [6.07, 6.45) is 6.61. The van der Waals surface area contributed by atoms with Gasteiger partial charge in [-0.1, -0.05) is 0 Å². The summed E-state index contributed by atoms with van der Waals surface area (Å²) >= 11 is 1.72. The maximum Gasteiger partial charge on any atom is 0.232 e. The Morgan fingerprint density at radius 2 is 1.94 bits per heavy atom. The third-order valence-corrected chi connectivity index (χ3v) is 5.13. The normalized spacial score (nSPS) is 21.7. The Labute approximate surface area is 113 Å². The van der Waals surface area contributed by atoms with Crippen molar-refractivity contribution in [2.45, 2.75) is 38.5 Å². The average Bonchev–Trinajstić information content (AvgIpc) is 3.09. The van der Waals surface area contributed by atoms with E-state index < -0.39 is 0 Å². The highest BCUT2D eigenvalue weighted by molar-refractivity contribution is 7.99. The van der Waals surface area contributed by atoms with Crippen LogP contribution in [0.4, 0.5) is 0 Å². The van der Waals surface area contributed by atoms with Crippen molar-refractivity contribution in [2.24, 2.45) is 11.1 Å². The van der Waals surface area contributed by atoms with E-state index >= 15 is 0 Å². The van der Waals surface area contributed by atoms with Crippen LogP contribution in [0.15, 0.2) is 0 Å². The van der Waals surface area contributed by atoms with E-state index in [0.717, 1.165) is 44.5 Å².